The Hall–Kier alpha value is -2.29. The summed E-state index contributed by atoms with van der Waals surface area (Å²) in [5, 5.41) is 0. The number of alkyl halides is 2. The van der Waals surface area contributed by atoms with Crippen molar-refractivity contribution in [3.05, 3.63) is 78.1 Å². The minimum atomic E-state index is -2.55. The molecule has 2 atom stereocenters. The predicted octanol–water partition coefficient (Wildman–Crippen LogP) is 8.40. The van der Waals surface area contributed by atoms with Crippen LogP contribution in [0, 0.1) is 0 Å². The normalized spacial score (nSPS) is 21.6. The van der Waals surface area contributed by atoms with Gasteiger partial charge in [-0.25, -0.2) is 13.2 Å². The average molecular weight is 399 g/mol. The Morgan fingerprint density at radius 3 is 2.14 bits per heavy atom. The van der Waals surface area contributed by atoms with Crippen molar-refractivity contribution in [2.45, 2.75) is 63.7 Å². The second-order valence-electron chi connectivity index (χ2n) is 7.81. The highest BCUT2D eigenvalue weighted by atomic mass is 19.2. The number of hydrogen-bond donors (Lipinski definition) is 0. The molecule has 0 heterocycles. The number of unbranched alkanes of at least 4 members (excludes halogenated alkanes) is 5. The molecule has 0 radical (unpaired) electrons. The highest BCUT2D eigenvalue weighted by Crippen LogP contribution is 2.43. The molecule has 154 valence electrons. The average Bonchev–Trinajstić information content (AvgIpc) is 2.75. The first-order valence-corrected chi connectivity index (χ1v) is 10.6. The zero-order valence-corrected chi connectivity index (χ0v) is 17.0. The molecule has 0 saturated heterocycles. The van der Waals surface area contributed by atoms with Crippen molar-refractivity contribution in [1.82, 2.24) is 0 Å². The lowest BCUT2D eigenvalue weighted by Crippen LogP contribution is -2.36. The number of benzene rings is 2. The molecule has 0 aromatic heterocycles. The first-order valence-electron chi connectivity index (χ1n) is 10.6. The van der Waals surface area contributed by atoms with Gasteiger partial charge in [-0.3, -0.25) is 0 Å². The number of rotatable bonds is 9. The molecule has 0 aliphatic heterocycles. The summed E-state index contributed by atoms with van der Waals surface area (Å²) in [6.07, 6.45) is 5.96. The van der Waals surface area contributed by atoms with Gasteiger partial charge in [0.25, 0.3) is 0 Å². The van der Waals surface area contributed by atoms with Gasteiger partial charge < -0.3 is 0 Å². The van der Waals surface area contributed by atoms with Crippen LogP contribution in [0.25, 0.3) is 16.7 Å². The number of allylic oxidation sites excluding steroid dienone is 4. The van der Waals surface area contributed by atoms with Gasteiger partial charge in [-0.2, -0.15) is 0 Å². The van der Waals surface area contributed by atoms with Crippen molar-refractivity contribution in [2.75, 3.05) is 0 Å². The summed E-state index contributed by atoms with van der Waals surface area (Å²) in [7, 11) is 0. The van der Waals surface area contributed by atoms with Gasteiger partial charge >= 0.3 is 0 Å². The fourth-order valence-corrected chi connectivity index (χ4v) is 3.92. The van der Waals surface area contributed by atoms with E-state index in [2.05, 4.69) is 6.92 Å². The van der Waals surface area contributed by atoms with E-state index in [-0.39, 0.29) is 6.42 Å². The van der Waals surface area contributed by atoms with Gasteiger partial charge in [-0.1, -0.05) is 93.6 Å². The Labute approximate surface area is 172 Å². The third-order valence-electron chi connectivity index (χ3n) is 5.66. The van der Waals surface area contributed by atoms with Crippen LogP contribution in [-0.2, 0) is 0 Å². The molecule has 3 heteroatoms. The minimum Gasteiger partial charge on any atom is -0.239 e. The van der Waals surface area contributed by atoms with E-state index >= 15 is 4.39 Å². The van der Waals surface area contributed by atoms with Crippen molar-refractivity contribution >= 4 is 5.57 Å². The fraction of sp³-hybridized carbons (Fsp3) is 0.385. The van der Waals surface area contributed by atoms with E-state index in [0.717, 1.165) is 43.2 Å². The maximum atomic E-state index is 15.2. The maximum absolute atomic E-state index is 15.2. The van der Waals surface area contributed by atoms with E-state index in [1.807, 2.05) is 54.6 Å². The maximum Gasteiger partial charge on any atom is 0.196 e. The van der Waals surface area contributed by atoms with Crippen LogP contribution in [0.3, 0.4) is 0 Å². The smallest absolute Gasteiger partial charge is 0.196 e. The molecule has 2 aromatic rings. The van der Waals surface area contributed by atoms with Gasteiger partial charge in [-0.05, 0) is 47.3 Å². The Morgan fingerprint density at radius 2 is 1.45 bits per heavy atom. The van der Waals surface area contributed by atoms with E-state index in [1.165, 1.54) is 12.2 Å². The molecule has 0 nitrogen and oxygen atoms in total. The van der Waals surface area contributed by atoms with Crippen molar-refractivity contribution in [3.63, 3.8) is 0 Å². The minimum absolute atomic E-state index is 0.118. The van der Waals surface area contributed by atoms with Crippen LogP contribution in [0.5, 0.6) is 0 Å². The summed E-state index contributed by atoms with van der Waals surface area (Å²) in [5.74, 6) is -1.00. The summed E-state index contributed by atoms with van der Waals surface area (Å²) in [6, 6.07) is 17.1. The van der Waals surface area contributed by atoms with Crippen LogP contribution in [0.2, 0.25) is 0 Å². The van der Waals surface area contributed by atoms with Crippen LogP contribution in [0.1, 0.15) is 57.4 Å². The molecule has 0 amide bonds. The second kappa shape index (κ2) is 9.96. The highest BCUT2D eigenvalue weighted by molar-refractivity contribution is 5.86. The quantitative estimate of drug-likeness (QED) is 0.372. The third kappa shape index (κ3) is 5.01. The van der Waals surface area contributed by atoms with Gasteiger partial charge in [-0.15, -0.1) is 0 Å². The lowest BCUT2D eigenvalue weighted by atomic mass is 9.83. The predicted molar refractivity (Wildman–Crippen MR) is 116 cm³/mol. The Kier molecular flexibility index (Phi) is 7.35. The van der Waals surface area contributed by atoms with Crippen LogP contribution < -0.4 is 0 Å². The van der Waals surface area contributed by atoms with E-state index in [4.69, 9.17) is 0 Å². The van der Waals surface area contributed by atoms with Gasteiger partial charge in [0.2, 0.25) is 0 Å². The summed E-state index contributed by atoms with van der Waals surface area (Å²) in [6.45, 7) is 2.13. The highest BCUT2D eigenvalue weighted by Gasteiger charge is 2.45. The molecule has 29 heavy (non-hydrogen) atoms. The molecule has 1 aliphatic carbocycles. The summed E-state index contributed by atoms with van der Waals surface area (Å²) < 4.78 is 44.8. The topological polar surface area (TPSA) is 0 Å². The third-order valence-corrected chi connectivity index (χ3v) is 5.66. The Morgan fingerprint density at radius 1 is 0.828 bits per heavy atom. The number of hydrogen-bond acceptors (Lipinski definition) is 0. The molecule has 2 unspecified atom stereocenters. The van der Waals surface area contributed by atoms with Crippen molar-refractivity contribution < 1.29 is 13.2 Å². The Balaban J connectivity index is 1.77. The largest absolute Gasteiger partial charge is 0.239 e. The molecular formula is C26H29F3. The molecule has 0 saturated carbocycles. The van der Waals surface area contributed by atoms with Crippen LogP contribution in [-0.4, -0.2) is 11.8 Å². The lowest BCUT2D eigenvalue weighted by Gasteiger charge is -2.30. The standard InChI is InChI=1S/C26H29F3/c1-2-3-4-5-6-12-17-26(29)24(27)18-21(19-25(26)28)23-16-11-10-15-22(23)20-13-8-7-9-14-20/h7-11,13-16,18-19,24H,2-6,12,17H2,1H3. The molecule has 1 aliphatic rings. The van der Waals surface area contributed by atoms with Crippen LogP contribution in [0.15, 0.2) is 72.6 Å². The molecule has 0 N–H and O–H groups in total. The first-order chi connectivity index (χ1) is 14.1. The summed E-state index contributed by atoms with van der Waals surface area (Å²) in [4.78, 5) is 0. The molecule has 0 spiro atoms. The van der Waals surface area contributed by atoms with Crippen LogP contribution in [0.4, 0.5) is 13.2 Å². The summed E-state index contributed by atoms with van der Waals surface area (Å²) >= 11 is 0. The zero-order chi connectivity index (χ0) is 20.7. The van der Waals surface area contributed by atoms with Gasteiger partial charge in [0.05, 0.1) is 0 Å². The lowest BCUT2D eigenvalue weighted by molar-refractivity contribution is 0.0760. The monoisotopic (exact) mass is 398 g/mol. The van der Waals surface area contributed by atoms with Crippen molar-refractivity contribution in [2.24, 2.45) is 0 Å². The van der Waals surface area contributed by atoms with Gasteiger partial charge in [0.1, 0.15) is 5.83 Å². The van der Waals surface area contributed by atoms with E-state index < -0.39 is 17.7 Å². The summed E-state index contributed by atoms with van der Waals surface area (Å²) in [5.41, 5.74) is 0.384. The van der Waals surface area contributed by atoms with Crippen LogP contribution >= 0.6 is 0 Å². The SMILES string of the molecule is CCCCCCCCC1(F)C(F)=CC(c2ccccc2-c2ccccc2)=CC1F. The van der Waals surface area contributed by atoms with Crippen molar-refractivity contribution in [3.8, 4) is 11.1 Å². The molecule has 0 fully saturated rings. The van der Waals surface area contributed by atoms with Gasteiger partial charge in [0, 0.05) is 0 Å². The fourth-order valence-electron chi connectivity index (χ4n) is 3.92. The van der Waals surface area contributed by atoms with E-state index in [9.17, 15) is 8.78 Å². The first kappa shape index (κ1) is 21.4. The van der Waals surface area contributed by atoms with E-state index in [1.54, 1.807) is 0 Å². The zero-order valence-electron chi connectivity index (χ0n) is 17.0. The van der Waals surface area contributed by atoms with Gasteiger partial charge in [0.15, 0.2) is 11.8 Å². The molecular weight excluding hydrogens is 369 g/mol. The molecule has 0 bridgehead atoms. The van der Waals surface area contributed by atoms with Crippen molar-refractivity contribution in [1.29, 1.82) is 0 Å². The number of halogens is 3. The Bertz CT molecular complexity index is 853. The molecule has 3 rings (SSSR count). The van der Waals surface area contributed by atoms with E-state index in [0.29, 0.717) is 17.6 Å². The molecule has 2 aromatic carbocycles. The second-order valence-corrected chi connectivity index (χ2v) is 7.81.